The van der Waals surface area contributed by atoms with Gasteiger partial charge in [-0.2, -0.15) is 0 Å². The molecule has 0 radical (unpaired) electrons. The number of hydrogen-bond donors (Lipinski definition) is 1. The van der Waals surface area contributed by atoms with E-state index in [-0.39, 0.29) is 11.4 Å². The molecule has 0 atom stereocenters. The predicted molar refractivity (Wildman–Crippen MR) is 120 cm³/mol. The molecule has 0 spiro atoms. The highest BCUT2D eigenvalue weighted by molar-refractivity contribution is 5.74. The van der Waals surface area contributed by atoms with E-state index >= 15 is 0 Å². The molecular formula is C23H24FN7O. The number of halogens is 1. The molecule has 1 aliphatic heterocycles. The average Bonchev–Trinajstić information content (AvgIpc) is 3.20. The third kappa shape index (κ3) is 3.75. The van der Waals surface area contributed by atoms with Gasteiger partial charge >= 0.3 is 0 Å². The van der Waals surface area contributed by atoms with Crippen LogP contribution in [0.15, 0.2) is 42.9 Å². The summed E-state index contributed by atoms with van der Waals surface area (Å²) in [4.78, 5) is 13.1. The molecule has 0 amide bonds. The molecule has 0 aliphatic carbocycles. The zero-order chi connectivity index (χ0) is 22.2. The second kappa shape index (κ2) is 8.16. The van der Waals surface area contributed by atoms with Crippen LogP contribution < -0.4 is 4.90 Å². The molecule has 9 heteroatoms. The third-order valence-electron chi connectivity index (χ3n) is 5.89. The molecule has 1 N–H and O–H groups in total. The molecular weight excluding hydrogens is 409 g/mol. The lowest BCUT2D eigenvalue weighted by Crippen LogP contribution is -2.46. The van der Waals surface area contributed by atoms with Crippen LogP contribution in [0.5, 0.6) is 5.75 Å². The number of hydrogen-bond acceptors (Lipinski definition) is 7. The summed E-state index contributed by atoms with van der Waals surface area (Å²) in [5.74, 6) is 0.217. The van der Waals surface area contributed by atoms with E-state index in [1.807, 2.05) is 13.0 Å². The first-order chi connectivity index (χ1) is 15.5. The van der Waals surface area contributed by atoms with Crippen LogP contribution in [-0.4, -0.2) is 67.3 Å². The Labute approximate surface area is 185 Å². The molecule has 3 aromatic heterocycles. The minimum Gasteiger partial charge on any atom is -0.507 e. The van der Waals surface area contributed by atoms with E-state index in [0.29, 0.717) is 28.3 Å². The third-order valence-corrected chi connectivity index (χ3v) is 5.89. The monoisotopic (exact) mass is 433 g/mol. The number of likely N-dealkylation sites (N-methyl/N-ethyl adjacent to an activating group) is 1. The van der Waals surface area contributed by atoms with Crippen molar-refractivity contribution in [1.29, 1.82) is 0 Å². The smallest absolute Gasteiger partial charge is 0.245 e. The summed E-state index contributed by atoms with van der Waals surface area (Å²) in [6.07, 6.45) is 5.19. The second-order valence-corrected chi connectivity index (χ2v) is 7.99. The topological polar surface area (TPSA) is 82.7 Å². The van der Waals surface area contributed by atoms with E-state index in [4.69, 9.17) is 0 Å². The summed E-state index contributed by atoms with van der Waals surface area (Å²) in [5, 5.41) is 19.2. The van der Waals surface area contributed by atoms with E-state index < -0.39 is 5.82 Å². The normalized spacial score (nSPS) is 14.9. The number of nitrogens with zero attached hydrogens (tertiary/aromatic N) is 7. The number of phenols is 1. The Morgan fingerprint density at radius 2 is 1.84 bits per heavy atom. The molecule has 0 unspecified atom stereocenters. The van der Waals surface area contributed by atoms with Gasteiger partial charge in [-0.3, -0.25) is 0 Å². The maximum absolute atomic E-state index is 14.4. The first kappa shape index (κ1) is 20.3. The molecule has 5 rings (SSSR count). The van der Waals surface area contributed by atoms with Crippen LogP contribution in [0, 0.1) is 12.7 Å². The summed E-state index contributed by atoms with van der Waals surface area (Å²) >= 11 is 0. The standard InChI is InChI=1S/C23H24FN7O/c1-3-29-6-8-30(9-7-29)23-25-12-20(27-28-23)18-5-4-16(11-21(18)32)17-10-19(24)22-26-15(2)13-31(22)14-17/h4-5,10-14,32H,3,6-9H2,1-2H3. The quantitative estimate of drug-likeness (QED) is 0.529. The van der Waals surface area contributed by atoms with E-state index in [0.717, 1.165) is 38.4 Å². The zero-order valence-electron chi connectivity index (χ0n) is 18.0. The van der Waals surface area contributed by atoms with Crippen LogP contribution >= 0.6 is 0 Å². The highest BCUT2D eigenvalue weighted by Crippen LogP contribution is 2.33. The lowest BCUT2D eigenvalue weighted by molar-refractivity contribution is 0.269. The van der Waals surface area contributed by atoms with Crippen molar-refractivity contribution in [1.82, 2.24) is 29.5 Å². The molecule has 32 heavy (non-hydrogen) atoms. The number of rotatable bonds is 4. The van der Waals surface area contributed by atoms with Gasteiger partial charge in [0.15, 0.2) is 11.5 Å². The molecule has 4 aromatic rings. The molecule has 8 nitrogen and oxygen atoms in total. The Morgan fingerprint density at radius 3 is 2.53 bits per heavy atom. The van der Waals surface area contributed by atoms with Gasteiger partial charge in [-0.15, -0.1) is 10.2 Å². The van der Waals surface area contributed by atoms with Gasteiger partial charge in [0.05, 0.1) is 11.9 Å². The van der Waals surface area contributed by atoms with Gasteiger partial charge in [0.25, 0.3) is 0 Å². The van der Waals surface area contributed by atoms with E-state index in [1.165, 1.54) is 6.07 Å². The van der Waals surface area contributed by atoms with Gasteiger partial charge < -0.3 is 19.3 Å². The SMILES string of the molecule is CCN1CCN(c2ncc(-c3ccc(-c4cc(F)c5nc(C)cn5c4)cc3O)nn2)CC1. The summed E-state index contributed by atoms with van der Waals surface area (Å²) < 4.78 is 16.1. The number of aromatic hydroxyl groups is 1. The maximum Gasteiger partial charge on any atom is 0.245 e. The van der Waals surface area contributed by atoms with Gasteiger partial charge in [0, 0.05) is 49.7 Å². The van der Waals surface area contributed by atoms with Gasteiger partial charge in [0.1, 0.15) is 11.4 Å². The summed E-state index contributed by atoms with van der Waals surface area (Å²) in [6, 6.07) is 6.58. The Hall–Kier alpha value is -3.59. The van der Waals surface area contributed by atoms with Gasteiger partial charge in [0.2, 0.25) is 5.95 Å². The number of aryl methyl sites for hydroxylation is 1. The molecule has 1 aromatic carbocycles. The second-order valence-electron chi connectivity index (χ2n) is 7.99. The van der Waals surface area contributed by atoms with E-state index in [2.05, 4.69) is 36.9 Å². The van der Waals surface area contributed by atoms with E-state index in [9.17, 15) is 9.50 Å². The molecule has 164 valence electrons. The number of phenolic OH excluding ortho intramolecular Hbond substituents is 1. The number of benzene rings is 1. The van der Waals surface area contributed by atoms with Crippen LogP contribution in [0.2, 0.25) is 0 Å². The fourth-order valence-electron chi connectivity index (χ4n) is 4.07. The van der Waals surface area contributed by atoms with Crippen molar-refractivity contribution < 1.29 is 9.50 Å². The molecule has 1 saturated heterocycles. The van der Waals surface area contributed by atoms with Crippen LogP contribution in [0.4, 0.5) is 10.3 Å². The van der Waals surface area contributed by atoms with Gasteiger partial charge in [-0.05, 0) is 37.2 Å². The highest BCUT2D eigenvalue weighted by atomic mass is 19.1. The Morgan fingerprint density at radius 1 is 1.03 bits per heavy atom. The number of aromatic nitrogens is 5. The Balaban J connectivity index is 1.39. The Kier molecular flexibility index (Phi) is 5.18. The number of imidazole rings is 1. The predicted octanol–water partition coefficient (Wildman–Crippen LogP) is 3.15. The maximum atomic E-state index is 14.4. The summed E-state index contributed by atoms with van der Waals surface area (Å²) in [7, 11) is 0. The molecule has 1 fully saturated rings. The summed E-state index contributed by atoms with van der Waals surface area (Å²) in [6.45, 7) is 8.72. The molecule has 1 aliphatic rings. The molecule has 0 bridgehead atoms. The minimum absolute atomic E-state index is 0.0326. The van der Waals surface area contributed by atoms with Crippen molar-refractivity contribution in [2.24, 2.45) is 0 Å². The van der Waals surface area contributed by atoms with Gasteiger partial charge in [-0.25, -0.2) is 14.4 Å². The largest absolute Gasteiger partial charge is 0.507 e. The van der Waals surface area contributed by atoms with Crippen molar-refractivity contribution in [3.05, 3.63) is 54.4 Å². The first-order valence-corrected chi connectivity index (χ1v) is 10.7. The van der Waals surface area contributed by atoms with Gasteiger partial charge in [-0.1, -0.05) is 13.0 Å². The summed E-state index contributed by atoms with van der Waals surface area (Å²) in [5.41, 5.74) is 3.35. The average molecular weight is 433 g/mol. The van der Waals surface area contributed by atoms with Crippen LogP contribution in [0.25, 0.3) is 28.0 Å². The highest BCUT2D eigenvalue weighted by Gasteiger charge is 2.19. The van der Waals surface area contributed by atoms with Crippen molar-refractivity contribution in [2.75, 3.05) is 37.6 Å². The number of fused-ring (bicyclic) bond motifs is 1. The number of pyridine rings is 1. The number of piperazine rings is 1. The van der Waals surface area contributed by atoms with Crippen molar-refractivity contribution >= 4 is 11.6 Å². The van der Waals surface area contributed by atoms with E-state index in [1.54, 1.807) is 35.1 Å². The van der Waals surface area contributed by atoms with Crippen LogP contribution in [-0.2, 0) is 0 Å². The van der Waals surface area contributed by atoms with Crippen LogP contribution in [0.1, 0.15) is 12.6 Å². The minimum atomic E-state index is -0.412. The zero-order valence-corrected chi connectivity index (χ0v) is 18.0. The lowest BCUT2D eigenvalue weighted by Gasteiger charge is -2.33. The first-order valence-electron chi connectivity index (χ1n) is 10.7. The Bertz CT molecular complexity index is 1260. The van der Waals surface area contributed by atoms with Crippen molar-refractivity contribution in [2.45, 2.75) is 13.8 Å². The lowest BCUT2D eigenvalue weighted by atomic mass is 10.0. The van der Waals surface area contributed by atoms with Crippen LogP contribution in [0.3, 0.4) is 0 Å². The fourth-order valence-corrected chi connectivity index (χ4v) is 4.07. The molecule has 0 saturated carbocycles. The number of anilines is 1. The fraction of sp³-hybridized carbons (Fsp3) is 0.304. The van der Waals surface area contributed by atoms with Crippen molar-refractivity contribution in [3.8, 4) is 28.1 Å². The molecule has 4 heterocycles. The van der Waals surface area contributed by atoms with Crippen molar-refractivity contribution in [3.63, 3.8) is 0 Å².